The Kier molecular flexibility index (Phi) is 28.2. The first kappa shape index (κ1) is 43.1. The lowest BCUT2D eigenvalue weighted by Crippen LogP contribution is -2.47. The molecular weight excluding hydrogens is 602 g/mol. The van der Waals surface area contributed by atoms with Gasteiger partial charge in [-0.2, -0.15) is 0 Å². The molecule has 8 heteroatoms. The molecule has 48 heavy (non-hydrogen) atoms. The number of carbonyl (C=O) groups excluding carboxylic acids is 4. The zero-order valence-corrected chi connectivity index (χ0v) is 30.6. The van der Waals surface area contributed by atoms with Crippen molar-refractivity contribution in [1.82, 2.24) is 16.0 Å². The van der Waals surface area contributed by atoms with Crippen LogP contribution in [0, 0.1) is 0 Å². The van der Waals surface area contributed by atoms with E-state index in [2.05, 4.69) is 29.8 Å². The summed E-state index contributed by atoms with van der Waals surface area (Å²) in [6.45, 7) is 5.79. The first-order valence-corrected chi connectivity index (χ1v) is 19.5. The van der Waals surface area contributed by atoms with Crippen molar-refractivity contribution >= 4 is 23.7 Å². The number of nitrogens with one attached hydrogen (secondary N) is 3. The van der Waals surface area contributed by atoms with Crippen LogP contribution in [0.1, 0.15) is 174 Å². The van der Waals surface area contributed by atoms with E-state index in [9.17, 15) is 19.2 Å². The number of rotatable bonds is 32. The lowest BCUT2D eigenvalue weighted by atomic mass is 10.1. The molecule has 0 radical (unpaired) electrons. The minimum absolute atomic E-state index is 0.0784. The maximum Gasteiger partial charge on any atom is 0.306 e. The molecule has 1 aromatic carbocycles. The molecule has 0 heterocycles. The first-order chi connectivity index (χ1) is 23.5. The second-order valence-electron chi connectivity index (χ2n) is 13.3. The average molecular weight is 672 g/mol. The van der Waals surface area contributed by atoms with Crippen molar-refractivity contribution < 1.29 is 23.9 Å². The maximum absolute atomic E-state index is 13.1. The Balaban J connectivity index is 2.38. The molecule has 274 valence electrons. The predicted octanol–water partition coefficient (Wildman–Crippen LogP) is 8.85. The Labute approximate surface area is 292 Å². The third-order valence-electron chi connectivity index (χ3n) is 8.79. The topological polar surface area (TPSA) is 114 Å². The Morgan fingerprint density at radius 3 is 1.56 bits per heavy atom. The lowest BCUT2D eigenvalue weighted by molar-refractivity contribution is -0.146. The fourth-order valence-electron chi connectivity index (χ4n) is 5.71. The minimum Gasteiger partial charge on any atom is -0.461 e. The zero-order chi connectivity index (χ0) is 34.9. The van der Waals surface area contributed by atoms with E-state index in [1.54, 1.807) is 0 Å². The van der Waals surface area contributed by atoms with Crippen molar-refractivity contribution in [2.24, 2.45) is 0 Å². The molecule has 0 saturated carbocycles. The Hall–Kier alpha value is -2.90. The predicted molar refractivity (Wildman–Crippen MR) is 196 cm³/mol. The van der Waals surface area contributed by atoms with Gasteiger partial charge in [0.2, 0.25) is 17.7 Å². The van der Waals surface area contributed by atoms with Crippen LogP contribution in [-0.2, 0) is 30.5 Å². The number of esters is 1. The number of carbonyl (C=O) groups is 4. The van der Waals surface area contributed by atoms with E-state index in [0.717, 1.165) is 37.7 Å². The van der Waals surface area contributed by atoms with E-state index in [1.807, 2.05) is 30.3 Å². The van der Waals surface area contributed by atoms with Gasteiger partial charge >= 0.3 is 5.97 Å². The summed E-state index contributed by atoms with van der Waals surface area (Å²) in [7, 11) is 0. The van der Waals surface area contributed by atoms with Gasteiger partial charge in [0.15, 0.2) is 0 Å². The third kappa shape index (κ3) is 26.1. The highest BCUT2D eigenvalue weighted by Gasteiger charge is 2.22. The molecule has 8 nitrogen and oxygen atoms in total. The summed E-state index contributed by atoms with van der Waals surface area (Å²) in [5, 5.41) is 8.69. The average Bonchev–Trinajstić information content (AvgIpc) is 3.09. The van der Waals surface area contributed by atoms with Crippen molar-refractivity contribution in [3.8, 4) is 0 Å². The maximum atomic E-state index is 13.1. The smallest absolute Gasteiger partial charge is 0.306 e. The molecule has 0 bridgehead atoms. The number of ether oxygens (including phenoxy) is 1. The third-order valence-corrected chi connectivity index (χ3v) is 8.79. The van der Waals surface area contributed by atoms with E-state index in [1.165, 1.54) is 96.3 Å². The van der Waals surface area contributed by atoms with Gasteiger partial charge in [0, 0.05) is 25.9 Å². The van der Waals surface area contributed by atoms with Crippen LogP contribution in [0.4, 0.5) is 0 Å². The fourth-order valence-corrected chi connectivity index (χ4v) is 5.71. The largest absolute Gasteiger partial charge is 0.461 e. The van der Waals surface area contributed by atoms with Crippen molar-refractivity contribution in [3.05, 3.63) is 35.9 Å². The van der Waals surface area contributed by atoms with Crippen LogP contribution in [-0.4, -0.2) is 42.8 Å². The Bertz CT molecular complexity index is 955. The molecule has 0 fully saturated rings. The fraction of sp³-hybridized carbons (Fsp3) is 0.750. The van der Waals surface area contributed by atoms with Crippen LogP contribution in [0.5, 0.6) is 0 Å². The van der Waals surface area contributed by atoms with E-state index < -0.39 is 17.9 Å². The molecular formula is C40H69N3O5. The van der Waals surface area contributed by atoms with Crippen LogP contribution in [0.3, 0.4) is 0 Å². The SMILES string of the molecule is CCCCCCCCCCCCNC(=O)CCC(NC(=O)CCC(=O)OCc1ccccc1)C(=O)NCCCCCCCCCCCC. The number of hydrogen-bond acceptors (Lipinski definition) is 5. The van der Waals surface area contributed by atoms with Crippen molar-refractivity contribution in [2.45, 2.75) is 181 Å². The minimum atomic E-state index is -0.830. The van der Waals surface area contributed by atoms with Gasteiger partial charge < -0.3 is 20.7 Å². The van der Waals surface area contributed by atoms with Crippen molar-refractivity contribution in [1.29, 1.82) is 0 Å². The molecule has 0 spiro atoms. The number of benzene rings is 1. The van der Waals surface area contributed by atoms with Crippen molar-refractivity contribution in [2.75, 3.05) is 13.1 Å². The van der Waals surface area contributed by atoms with Crippen LogP contribution in [0.25, 0.3) is 0 Å². The molecule has 0 aliphatic rings. The summed E-state index contributed by atoms with van der Waals surface area (Å²) in [4.78, 5) is 50.5. The zero-order valence-electron chi connectivity index (χ0n) is 30.6. The van der Waals surface area contributed by atoms with Gasteiger partial charge in [0.1, 0.15) is 12.6 Å². The Morgan fingerprint density at radius 1 is 0.562 bits per heavy atom. The van der Waals surface area contributed by atoms with E-state index in [0.29, 0.717) is 13.1 Å². The normalized spacial score (nSPS) is 11.5. The molecule has 0 aliphatic heterocycles. The van der Waals surface area contributed by atoms with Gasteiger partial charge in [-0.1, -0.05) is 160 Å². The molecule has 0 aliphatic carbocycles. The van der Waals surface area contributed by atoms with Gasteiger partial charge in [-0.05, 0) is 24.8 Å². The first-order valence-electron chi connectivity index (χ1n) is 19.5. The Morgan fingerprint density at radius 2 is 1.04 bits per heavy atom. The van der Waals surface area contributed by atoms with Gasteiger partial charge in [-0.25, -0.2) is 0 Å². The standard InChI is InChI=1S/C40H69N3O5/c1-3-5-7-9-11-13-15-17-19-24-32-41-37(44)29-28-36(40(47)42-33-25-20-18-16-14-12-10-8-6-4-2)43-38(45)30-31-39(46)48-34-35-26-22-21-23-27-35/h21-23,26-27,36H,3-20,24-25,28-34H2,1-2H3,(H,41,44)(H,42,47)(H,43,45). The monoisotopic (exact) mass is 672 g/mol. The lowest BCUT2D eigenvalue weighted by Gasteiger charge is -2.18. The molecule has 1 atom stereocenters. The second kappa shape index (κ2) is 31.4. The molecule has 1 rings (SSSR count). The quantitative estimate of drug-likeness (QED) is 0.0523. The van der Waals surface area contributed by atoms with Gasteiger partial charge in [-0.15, -0.1) is 0 Å². The molecule has 3 amide bonds. The highest BCUT2D eigenvalue weighted by atomic mass is 16.5. The van der Waals surface area contributed by atoms with Crippen molar-refractivity contribution in [3.63, 3.8) is 0 Å². The van der Waals surface area contributed by atoms with Crippen LogP contribution < -0.4 is 16.0 Å². The summed E-state index contributed by atoms with van der Waals surface area (Å²) < 4.78 is 5.27. The molecule has 1 unspecified atom stereocenters. The number of amides is 3. The molecule has 0 saturated heterocycles. The van der Waals surface area contributed by atoms with Crippen LogP contribution in [0.15, 0.2) is 30.3 Å². The van der Waals surface area contributed by atoms with Gasteiger partial charge in [-0.3, -0.25) is 19.2 Å². The van der Waals surface area contributed by atoms with Crippen LogP contribution >= 0.6 is 0 Å². The van der Waals surface area contributed by atoms with E-state index in [-0.39, 0.29) is 44.1 Å². The summed E-state index contributed by atoms with van der Waals surface area (Å²) in [5.74, 6) is -1.27. The summed E-state index contributed by atoms with van der Waals surface area (Å²) in [6.07, 6.45) is 24.7. The van der Waals surface area contributed by atoms with Gasteiger partial charge in [0.05, 0.1) is 6.42 Å². The highest BCUT2D eigenvalue weighted by Crippen LogP contribution is 2.12. The summed E-state index contributed by atoms with van der Waals surface area (Å²) in [6, 6.07) is 8.54. The molecule has 3 N–H and O–H groups in total. The summed E-state index contributed by atoms with van der Waals surface area (Å²) >= 11 is 0. The second-order valence-corrected chi connectivity index (χ2v) is 13.3. The van der Waals surface area contributed by atoms with E-state index >= 15 is 0 Å². The van der Waals surface area contributed by atoms with Gasteiger partial charge in [0.25, 0.3) is 0 Å². The van der Waals surface area contributed by atoms with E-state index in [4.69, 9.17) is 4.74 Å². The summed E-state index contributed by atoms with van der Waals surface area (Å²) in [5.41, 5.74) is 0.876. The highest BCUT2D eigenvalue weighted by molar-refractivity contribution is 5.89. The molecule has 1 aromatic rings. The van der Waals surface area contributed by atoms with Crippen LogP contribution in [0.2, 0.25) is 0 Å². The number of hydrogen-bond donors (Lipinski definition) is 3. The number of unbranched alkanes of at least 4 members (excludes halogenated alkanes) is 18. The molecule has 0 aromatic heterocycles.